The zero-order chi connectivity index (χ0) is 16.7. The highest BCUT2D eigenvalue weighted by Gasteiger charge is 2.10. The van der Waals surface area contributed by atoms with Crippen molar-refractivity contribution in [3.63, 3.8) is 0 Å². The van der Waals surface area contributed by atoms with Gasteiger partial charge in [-0.05, 0) is 38.1 Å². The summed E-state index contributed by atoms with van der Waals surface area (Å²) < 4.78 is 1.95. The molecule has 0 unspecified atom stereocenters. The van der Waals surface area contributed by atoms with E-state index < -0.39 is 0 Å². The fourth-order valence-corrected chi connectivity index (χ4v) is 2.36. The fourth-order valence-electron chi connectivity index (χ4n) is 2.20. The summed E-state index contributed by atoms with van der Waals surface area (Å²) in [5, 5.41) is 1.23. The van der Waals surface area contributed by atoms with Gasteiger partial charge in [0.15, 0.2) is 5.43 Å². The Hall–Kier alpha value is -1.84. The van der Waals surface area contributed by atoms with Crippen LogP contribution in [0.1, 0.15) is 33.3 Å². The smallest absolute Gasteiger partial charge is 0.193 e. The Morgan fingerprint density at radius 1 is 1.32 bits per heavy atom. The maximum atomic E-state index is 12.3. The highest BCUT2D eigenvalue weighted by Crippen LogP contribution is 2.21. The van der Waals surface area contributed by atoms with E-state index in [1.807, 2.05) is 50.5 Å². The molecule has 2 rings (SSSR count). The second kappa shape index (κ2) is 8.57. The number of benzene rings is 1. The van der Waals surface area contributed by atoms with Gasteiger partial charge in [0.05, 0.1) is 5.52 Å². The first-order valence-electron chi connectivity index (χ1n) is 7.45. The van der Waals surface area contributed by atoms with Gasteiger partial charge in [-0.25, -0.2) is 0 Å². The molecule has 22 heavy (non-hydrogen) atoms. The van der Waals surface area contributed by atoms with E-state index in [4.69, 9.17) is 17.3 Å². The minimum absolute atomic E-state index is 0.0358. The lowest BCUT2D eigenvalue weighted by molar-refractivity contribution is 1.01. The average molecular weight is 319 g/mol. The standard InChI is InChI=1S/C16H17ClN2O.C2H6/c1-3-5-13(4-2)19-10-11(9-18)16(20)14-7-6-12(17)8-15(14)19;1-2/h3-8,10H,9,18H2,1-2H3;1-2H3/b5-3-,13-4+;. The van der Waals surface area contributed by atoms with Crippen LogP contribution >= 0.6 is 11.6 Å². The van der Waals surface area contributed by atoms with Crippen LogP contribution in [0, 0.1) is 0 Å². The van der Waals surface area contributed by atoms with Crippen molar-refractivity contribution in [2.24, 2.45) is 5.73 Å². The monoisotopic (exact) mass is 318 g/mol. The van der Waals surface area contributed by atoms with Crippen molar-refractivity contribution >= 4 is 28.2 Å². The average Bonchev–Trinajstić information content (AvgIpc) is 2.55. The van der Waals surface area contributed by atoms with Gasteiger partial charge in [-0.15, -0.1) is 0 Å². The highest BCUT2D eigenvalue weighted by molar-refractivity contribution is 6.31. The maximum Gasteiger partial charge on any atom is 0.193 e. The van der Waals surface area contributed by atoms with E-state index >= 15 is 0 Å². The maximum absolute atomic E-state index is 12.3. The molecule has 0 radical (unpaired) electrons. The van der Waals surface area contributed by atoms with Gasteiger partial charge < -0.3 is 10.3 Å². The molecule has 0 fully saturated rings. The molecular formula is C18H23ClN2O. The van der Waals surface area contributed by atoms with E-state index in [1.165, 1.54) is 0 Å². The van der Waals surface area contributed by atoms with E-state index in [0.717, 1.165) is 11.2 Å². The SMILES string of the molecule is C/C=C\C(=C/C)n1cc(CN)c(=O)c2ccc(Cl)cc21.CC. The minimum atomic E-state index is -0.0358. The van der Waals surface area contributed by atoms with Crippen molar-refractivity contribution in [2.75, 3.05) is 0 Å². The predicted molar refractivity (Wildman–Crippen MR) is 97.2 cm³/mol. The van der Waals surface area contributed by atoms with Gasteiger partial charge in [0.2, 0.25) is 0 Å². The van der Waals surface area contributed by atoms with Crippen LogP contribution in [0.5, 0.6) is 0 Å². The molecule has 1 aromatic heterocycles. The van der Waals surface area contributed by atoms with Gasteiger partial charge >= 0.3 is 0 Å². The molecule has 1 heterocycles. The first kappa shape index (κ1) is 18.2. The molecule has 0 aliphatic rings. The summed E-state index contributed by atoms with van der Waals surface area (Å²) in [5.74, 6) is 0. The topological polar surface area (TPSA) is 48.0 Å². The van der Waals surface area contributed by atoms with Crippen LogP contribution < -0.4 is 11.2 Å². The normalized spacial score (nSPS) is 11.6. The lowest BCUT2D eigenvalue weighted by atomic mass is 10.1. The molecule has 0 aliphatic heterocycles. The lowest BCUT2D eigenvalue weighted by Gasteiger charge is -2.14. The molecule has 3 nitrogen and oxygen atoms in total. The van der Waals surface area contributed by atoms with Gasteiger partial charge in [0, 0.05) is 34.4 Å². The summed E-state index contributed by atoms with van der Waals surface area (Å²) in [4.78, 5) is 12.3. The van der Waals surface area contributed by atoms with E-state index in [0.29, 0.717) is 16.0 Å². The quantitative estimate of drug-likeness (QED) is 0.842. The summed E-state index contributed by atoms with van der Waals surface area (Å²) in [5.41, 5.74) is 7.98. The molecular weight excluding hydrogens is 296 g/mol. The molecule has 2 aromatic rings. The summed E-state index contributed by atoms with van der Waals surface area (Å²) >= 11 is 6.06. The number of halogens is 1. The number of pyridine rings is 1. The third kappa shape index (κ3) is 3.67. The molecule has 0 saturated carbocycles. The van der Waals surface area contributed by atoms with E-state index in [-0.39, 0.29) is 12.0 Å². The Morgan fingerprint density at radius 3 is 2.55 bits per heavy atom. The van der Waals surface area contributed by atoms with E-state index in [1.54, 1.807) is 24.4 Å². The molecule has 0 saturated heterocycles. The van der Waals surface area contributed by atoms with Crippen LogP contribution in [-0.2, 0) is 6.54 Å². The van der Waals surface area contributed by atoms with Crippen LogP contribution in [0.3, 0.4) is 0 Å². The molecule has 0 atom stereocenters. The minimum Gasteiger partial charge on any atom is -0.326 e. The molecule has 4 heteroatoms. The van der Waals surface area contributed by atoms with Crippen LogP contribution in [0.2, 0.25) is 5.02 Å². The van der Waals surface area contributed by atoms with Gasteiger partial charge in [0.25, 0.3) is 0 Å². The number of hydrogen-bond acceptors (Lipinski definition) is 2. The largest absolute Gasteiger partial charge is 0.326 e. The molecule has 118 valence electrons. The third-order valence-electron chi connectivity index (χ3n) is 3.17. The van der Waals surface area contributed by atoms with Crippen molar-refractivity contribution in [3.8, 4) is 0 Å². The Bertz CT molecular complexity index is 758. The summed E-state index contributed by atoms with van der Waals surface area (Å²) in [6, 6.07) is 5.27. The van der Waals surface area contributed by atoms with Gasteiger partial charge in [-0.2, -0.15) is 0 Å². The van der Waals surface area contributed by atoms with Crippen LogP contribution in [0.25, 0.3) is 16.6 Å². The number of allylic oxidation sites excluding steroid dienone is 4. The fraction of sp³-hybridized carbons (Fsp3) is 0.278. The van der Waals surface area contributed by atoms with Crippen molar-refractivity contribution in [1.82, 2.24) is 4.57 Å². The summed E-state index contributed by atoms with van der Waals surface area (Å²) in [7, 11) is 0. The first-order chi connectivity index (χ1) is 10.6. The first-order valence-corrected chi connectivity index (χ1v) is 7.83. The number of nitrogens with two attached hydrogens (primary N) is 1. The zero-order valence-corrected chi connectivity index (χ0v) is 14.3. The number of hydrogen-bond donors (Lipinski definition) is 1. The molecule has 1 aromatic carbocycles. The van der Waals surface area contributed by atoms with Crippen LogP contribution in [0.4, 0.5) is 0 Å². The Kier molecular flexibility index (Phi) is 7.09. The number of fused-ring (bicyclic) bond motifs is 1. The summed E-state index contributed by atoms with van der Waals surface area (Å²) in [6.07, 6.45) is 7.69. The molecule has 0 bridgehead atoms. The lowest BCUT2D eigenvalue weighted by Crippen LogP contribution is -2.17. The van der Waals surface area contributed by atoms with Crippen molar-refractivity contribution in [3.05, 3.63) is 63.4 Å². The molecule has 0 aliphatic carbocycles. The molecule has 0 spiro atoms. The predicted octanol–water partition coefficient (Wildman–Crippen LogP) is 4.58. The highest BCUT2D eigenvalue weighted by atomic mass is 35.5. The van der Waals surface area contributed by atoms with Crippen molar-refractivity contribution < 1.29 is 0 Å². The number of nitrogens with zero attached hydrogens (tertiary/aromatic N) is 1. The second-order valence-corrected chi connectivity index (χ2v) is 4.87. The number of aromatic nitrogens is 1. The zero-order valence-electron chi connectivity index (χ0n) is 13.6. The van der Waals surface area contributed by atoms with Crippen molar-refractivity contribution in [1.29, 1.82) is 0 Å². The summed E-state index contributed by atoms with van der Waals surface area (Å²) in [6.45, 7) is 8.11. The van der Waals surface area contributed by atoms with Crippen molar-refractivity contribution in [2.45, 2.75) is 34.2 Å². The third-order valence-corrected chi connectivity index (χ3v) is 3.41. The Balaban J connectivity index is 0.00000116. The second-order valence-electron chi connectivity index (χ2n) is 4.43. The van der Waals surface area contributed by atoms with Gasteiger partial charge in [-0.1, -0.05) is 37.6 Å². The number of rotatable bonds is 3. The molecule has 0 amide bonds. The Labute approximate surface area is 136 Å². The van der Waals surface area contributed by atoms with E-state index in [9.17, 15) is 4.79 Å². The Morgan fingerprint density at radius 2 is 2.00 bits per heavy atom. The van der Waals surface area contributed by atoms with Crippen LogP contribution in [0.15, 0.2) is 47.4 Å². The van der Waals surface area contributed by atoms with E-state index in [2.05, 4.69) is 0 Å². The van der Waals surface area contributed by atoms with Gasteiger partial charge in [-0.3, -0.25) is 4.79 Å². The van der Waals surface area contributed by atoms with Crippen LogP contribution in [-0.4, -0.2) is 4.57 Å². The molecule has 2 N–H and O–H groups in total. The van der Waals surface area contributed by atoms with Gasteiger partial charge in [0.1, 0.15) is 0 Å².